The van der Waals surface area contributed by atoms with Gasteiger partial charge in [-0.2, -0.15) is 0 Å². The molecule has 22 heavy (non-hydrogen) atoms. The number of nitrogens with zero attached hydrogens (tertiary/aromatic N) is 3. The number of aromatic nitrogens is 3. The fourth-order valence-corrected chi connectivity index (χ4v) is 2.72. The van der Waals surface area contributed by atoms with E-state index < -0.39 is 0 Å². The number of anilines is 1. The zero-order valence-electron chi connectivity index (χ0n) is 12.4. The van der Waals surface area contributed by atoms with Gasteiger partial charge < -0.3 is 4.57 Å². The zero-order chi connectivity index (χ0) is 15.5. The van der Waals surface area contributed by atoms with Crippen molar-refractivity contribution in [3.8, 4) is 5.69 Å². The molecule has 0 saturated carbocycles. The average molecular weight is 312 g/mol. The maximum Gasteiger partial charge on any atom is 0.257 e. The first-order valence-corrected chi connectivity index (χ1v) is 7.83. The van der Waals surface area contributed by atoms with Gasteiger partial charge in [-0.05, 0) is 36.4 Å². The smallest absolute Gasteiger partial charge is 0.257 e. The summed E-state index contributed by atoms with van der Waals surface area (Å²) in [7, 11) is 0. The lowest BCUT2D eigenvalue weighted by Gasteiger charge is -2.05. The highest BCUT2D eigenvalue weighted by Crippen LogP contribution is 2.22. The number of amides is 1. The molecule has 3 aromatic rings. The van der Waals surface area contributed by atoms with E-state index in [9.17, 15) is 4.79 Å². The monoisotopic (exact) mass is 312 g/mol. The minimum atomic E-state index is -0.175. The number of nitrogens with one attached hydrogen (secondary N) is 1. The summed E-state index contributed by atoms with van der Waals surface area (Å²) in [6.07, 6.45) is 3.92. The molecule has 0 unspecified atom stereocenters. The van der Waals surface area contributed by atoms with Crippen LogP contribution in [0.3, 0.4) is 0 Å². The van der Waals surface area contributed by atoms with E-state index in [1.165, 1.54) is 11.3 Å². The van der Waals surface area contributed by atoms with Crippen molar-refractivity contribution in [3.63, 3.8) is 0 Å². The van der Waals surface area contributed by atoms with E-state index in [1.807, 2.05) is 55.1 Å². The fourth-order valence-electron chi connectivity index (χ4n) is 1.98. The van der Waals surface area contributed by atoms with Crippen LogP contribution in [0, 0.1) is 0 Å². The van der Waals surface area contributed by atoms with Gasteiger partial charge in [-0.25, -0.2) is 0 Å². The first kappa shape index (κ1) is 14.5. The van der Waals surface area contributed by atoms with Gasteiger partial charge in [-0.1, -0.05) is 25.2 Å². The van der Waals surface area contributed by atoms with Crippen LogP contribution in [0.2, 0.25) is 0 Å². The molecule has 0 spiro atoms. The van der Waals surface area contributed by atoms with Gasteiger partial charge in [0.2, 0.25) is 5.13 Å². The lowest BCUT2D eigenvalue weighted by atomic mass is 10.2. The average Bonchev–Trinajstić information content (AvgIpc) is 3.19. The van der Waals surface area contributed by atoms with Gasteiger partial charge in [-0.3, -0.25) is 10.1 Å². The molecule has 0 bridgehead atoms. The van der Waals surface area contributed by atoms with Crippen molar-refractivity contribution < 1.29 is 4.79 Å². The van der Waals surface area contributed by atoms with Crippen molar-refractivity contribution in [2.75, 3.05) is 5.32 Å². The number of carbonyl (C=O) groups is 1. The van der Waals surface area contributed by atoms with Gasteiger partial charge in [0.05, 0.1) is 0 Å². The number of rotatable bonds is 4. The Balaban J connectivity index is 1.72. The van der Waals surface area contributed by atoms with Crippen molar-refractivity contribution in [1.29, 1.82) is 0 Å². The normalized spacial score (nSPS) is 10.9. The highest BCUT2D eigenvalue weighted by Gasteiger charge is 2.12. The van der Waals surface area contributed by atoms with Gasteiger partial charge in [-0.15, -0.1) is 10.2 Å². The number of benzene rings is 1. The Kier molecular flexibility index (Phi) is 4.02. The molecule has 1 N–H and O–H groups in total. The Morgan fingerprint density at radius 3 is 2.41 bits per heavy atom. The molecule has 5 nitrogen and oxygen atoms in total. The van der Waals surface area contributed by atoms with Crippen LogP contribution in [-0.4, -0.2) is 20.7 Å². The lowest BCUT2D eigenvalue weighted by molar-refractivity contribution is 0.102. The molecule has 0 fully saturated rings. The third-order valence-corrected chi connectivity index (χ3v) is 4.33. The first-order valence-electron chi connectivity index (χ1n) is 7.01. The molecule has 112 valence electrons. The summed E-state index contributed by atoms with van der Waals surface area (Å²) in [4.78, 5) is 12.2. The second-order valence-corrected chi connectivity index (χ2v) is 6.20. The van der Waals surface area contributed by atoms with Crippen molar-refractivity contribution in [3.05, 3.63) is 59.4 Å². The second kappa shape index (κ2) is 6.11. The van der Waals surface area contributed by atoms with Crippen LogP contribution in [0.15, 0.2) is 48.8 Å². The standard InChI is InChI=1S/C16H16N4OS/c1-11(2)15-18-19-16(22-15)17-14(21)12-5-7-13(8-6-12)20-9-3-4-10-20/h3-11H,1-2H3,(H,17,19,21). The van der Waals surface area contributed by atoms with Crippen LogP contribution in [0.4, 0.5) is 5.13 Å². The Bertz CT molecular complexity index is 760. The fraction of sp³-hybridized carbons (Fsp3) is 0.188. The summed E-state index contributed by atoms with van der Waals surface area (Å²) < 4.78 is 1.99. The van der Waals surface area contributed by atoms with Crippen LogP contribution in [0.1, 0.15) is 35.1 Å². The minimum Gasteiger partial charge on any atom is -0.324 e. The molecular weight excluding hydrogens is 296 g/mol. The highest BCUT2D eigenvalue weighted by atomic mass is 32.1. The highest BCUT2D eigenvalue weighted by molar-refractivity contribution is 7.15. The van der Waals surface area contributed by atoms with E-state index in [-0.39, 0.29) is 5.91 Å². The minimum absolute atomic E-state index is 0.175. The molecule has 1 amide bonds. The first-order chi connectivity index (χ1) is 10.6. The van der Waals surface area contributed by atoms with E-state index in [2.05, 4.69) is 15.5 Å². The Labute approximate surface area is 132 Å². The van der Waals surface area contributed by atoms with E-state index in [0.29, 0.717) is 16.6 Å². The van der Waals surface area contributed by atoms with Crippen molar-refractivity contribution in [2.45, 2.75) is 19.8 Å². The van der Waals surface area contributed by atoms with Crippen molar-refractivity contribution in [1.82, 2.24) is 14.8 Å². The molecule has 1 aromatic carbocycles. The number of hydrogen-bond donors (Lipinski definition) is 1. The molecule has 0 saturated heterocycles. The van der Waals surface area contributed by atoms with Crippen molar-refractivity contribution in [2.24, 2.45) is 0 Å². The van der Waals surface area contributed by atoms with Gasteiger partial charge in [0, 0.05) is 29.6 Å². The summed E-state index contributed by atoms with van der Waals surface area (Å²) in [5, 5.41) is 12.3. The predicted octanol–water partition coefficient (Wildman–Crippen LogP) is 3.70. The van der Waals surface area contributed by atoms with Crippen LogP contribution in [0.5, 0.6) is 0 Å². The van der Waals surface area contributed by atoms with Gasteiger partial charge in [0.25, 0.3) is 5.91 Å². The van der Waals surface area contributed by atoms with E-state index in [4.69, 9.17) is 0 Å². The van der Waals surface area contributed by atoms with Crippen molar-refractivity contribution >= 4 is 22.4 Å². The van der Waals surface area contributed by atoms with Gasteiger partial charge >= 0.3 is 0 Å². The van der Waals surface area contributed by atoms with E-state index in [0.717, 1.165) is 10.7 Å². The molecule has 0 atom stereocenters. The molecule has 0 aliphatic carbocycles. The van der Waals surface area contributed by atoms with Crippen LogP contribution in [-0.2, 0) is 0 Å². The largest absolute Gasteiger partial charge is 0.324 e. The summed E-state index contributed by atoms with van der Waals surface area (Å²) in [5.74, 6) is 0.134. The third-order valence-electron chi connectivity index (χ3n) is 3.19. The summed E-state index contributed by atoms with van der Waals surface area (Å²) >= 11 is 1.41. The Morgan fingerprint density at radius 1 is 1.14 bits per heavy atom. The number of carbonyl (C=O) groups excluding carboxylic acids is 1. The van der Waals surface area contributed by atoms with Crippen LogP contribution >= 0.6 is 11.3 Å². The molecular formula is C16H16N4OS. The van der Waals surface area contributed by atoms with Crippen LogP contribution < -0.4 is 5.32 Å². The maximum absolute atomic E-state index is 12.2. The summed E-state index contributed by atoms with van der Waals surface area (Å²) in [6, 6.07) is 11.3. The van der Waals surface area contributed by atoms with Gasteiger partial charge in [0.15, 0.2) is 0 Å². The molecule has 6 heteroatoms. The third kappa shape index (κ3) is 3.07. The summed E-state index contributed by atoms with van der Waals surface area (Å²) in [6.45, 7) is 4.10. The molecule has 2 heterocycles. The lowest BCUT2D eigenvalue weighted by Crippen LogP contribution is -2.11. The predicted molar refractivity (Wildman–Crippen MR) is 87.7 cm³/mol. The van der Waals surface area contributed by atoms with E-state index in [1.54, 1.807) is 12.1 Å². The second-order valence-electron chi connectivity index (χ2n) is 5.19. The van der Waals surface area contributed by atoms with E-state index >= 15 is 0 Å². The van der Waals surface area contributed by atoms with Gasteiger partial charge in [0.1, 0.15) is 5.01 Å². The Morgan fingerprint density at radius 2 is 1.82 bits per heavy atom. The summed E-state index contributed by atoms with van der Waals surface area (Å²) in [5.41, 5.74) is 1.61. The molecule has 3 rings (SSSR count). The zero-order valence-corrected chi connectivity index (χ0v) is 13.2. The quantitative estimate of drug-likeness (QED) is 0.799. The molecule has 0 aliphatic heterocycles. The molecule has 0 radical (unpaired) electrons. The Hall–Kier alpha value is -2.47. The number of hydrogen-bond acceptors (Lipinski definition) is 4. The topological polar surface area (TPSA) is 59.8 Å². The molecule has 2 aromatic heterocycles. The molecule has 0 aliphatic rings. The SMILES string of the molecule is CC(C)c1nnc(NC(=O)c2ccc(-n3cccc3)cc2)s1. The van der Waals surface area contributed by atoms with Crippen LogP contribution in [0.25, 0.3) is 5.69 Å². The maximum atomic E-state index is 12.2.